The molecule has 7 nitrogen and oxygen atoms in total. The lowest BCUT2D eigenvalue weighted by Gasteiger charge is -2.16. The number of ether oxygens (including phenoxy) is 4. The number of aromatic nitrogens is 1. The number of rotatable bonds is 12. The lowest BCUT2D eigenvalue weighted by atomic mass is 9.97. The highest BCUT2D eigenvalue weighted by Crippen LogP contribution is 2.34. The van der Waals surface area contributed by atoms with Crippen molar-refractivity contribution >= 4 is 16.9 Å². The SMILES string of the molecule is COCC(C)OC(=O)Cc1cc(OC)ccc1OCc1cc(-c2cccc(CN)c2)c2ccn(C(C)C)c2c1. The summed E-state index contributed by atoms with van der Waals surface area (Å²) in [5.74, 6) is 0.905. The number of methoxy groups -OCH3 is 2. The number of carbonyl (C=O) groups excluding carboxylic acids is 1. The Balaban J connectivity index is 1.66. The van der Waals surface area contributed by atoms with E-state index in [1.807, 2.05) is 30.3 Å². The van der Waals surface area contributed by atoms with Crippen LogP contribution in [0.15, 0.2) is 66.9 Å². The van der Waals surface area contributed by atoms with Crippen molar-refractivity contribution < 1.29 is 23.7 Å². The first-order chi connectivity index (χ1) is 18.8. The fraction of sp³-hybridized carbons (Fsp3) is 0.344. The van der Waals surface area contributed by atoms with Gasteiger partial charge in [0.25, 0.3) is 0 Å². The predicted molar refractivity (Wildman–Crippen MR) is 154 cm³/mol. The molecule has 206 valence electrons. The molecule has 0 saturated heterocycles. The molecule has 0 bridgehead atoms. The van der Waals surface area contributed by atoms with Crippen LogP contribution in [0.5, 0.6) is 11.5 Å². The van der Waals surface area contributed by atoms with E-state index in [4.69, 9.17) is 24.7 Å². The number of nitrogens with zero attached hydrogens (tertiary/aromatic N) is 1. The second-order valence-electron chi connectivity index (χ2n) is 9.99. The normalized spacial score (nSPS) is 12.1. The maximum Gasteiger partial charge on any atom is 0.310 e. The molecule has 0 aliphatic rings. The maximum atomic E-state index is 12.6. The molecule has 1 heterocycles. The molecule has 0 amide bonds. The van der Waals surface area contributed by atoms with Gasteiger partial charge in [0.05, 0.1) is 20.1 Å². The summed E-state index contributed by atoms with van der Waals surface area (Å²) in [6.45, 7) is 7.30. The Morgan fingerprint density at radius 3 is 2.51 bits per heavy atom. The third-order valence-corrected chi connectivity index (χ3v) is 6.66. The van der Waals surface area contributed by atoms with Crippen LogP contribution in [0.1, 0.15) is 43.5 Å². The molecule has 1 aromatic heterocycles. The summed E-state index contributed by atoms with van der Waals surface area (Å²) in [4.78, 5) is 12.6. The monoisotopic (exact) mass is 530 g/mol. The van der Waals surface area contributed by atoms with Crippen molar-refractivity contribution in [1.29, 1.82) is 0 Å². The lowest BCUT2D eigenvalue weighted by Crippen LogP contribution is -2.21. The van der Waals surface area contributed by atoms with Gasteiger partial charge in [-0.25, -0.2) is 0 Å². The number of nitrogens with two attached hydrogens (primary N) is 1. The zero-order chi connectivity index (χ0) is 27.9. The van der Waals surface area contributed by atoms with Gasteiger partial charge in [0.2, 0.25) is 0 Å². The minimum Gasteiger partial charge on any atom is -0.497 e. The van der Waals surface area contributed by atoms with Crippen molar-refractivity contribution in [3.63, 3.8) is 0 Å². The number of carbonyl (C=O) groups is 1. The summed E-state index contributed by atoms with van der Waals surface area (Å²) < 4.78 is 24.5. The van der Waals surface area contributed by atoms with Crippen LogP contribution in [0.3, 0.4) is 0 Å². The molecule has 0 saturated carbocycles. The van der Waals surface area contributed by atoms with Crippen LogP contribution in [-0.2, 0) is 33.8 Å². The van der Waals surface area contributed by atoms with Crippen molar-refractivity contribution in [3.05, 3.63) is 83.6 Å². The van der Waals surface area contributed by atoms with E-state index in [0.29, 0.717) is 42.9 Å². The van der Waals surface area contributed by atoms with Crippen LogP contribution in [0.2, 0.25) is 0 Å². The van der Waals surface area contributed by atoms with Crippen LogP contribution < -0.4 is 15.2 Å². The molecule has 3 aromatic carbocycles. The Morgan fingerprint density at radius 1 is 0.974 bits per heavy atom. The van der Waals surface area contributed by atoms with E-state index in [-0.39, 0.29) is 18.5 Å². The Kier molecular flexibility index (Phi) is 9.28. The summed E-state index contributed by atoms with van der Waals surface area (Å²) in [6.07, 6.45) is 1.86. The number of hydrogen-bond donors (Lipinski definition) is 1. The summed E-state index contributed by atoms with van der Waals surface area (Å²) in [5.41, 5.74) is 12.1. The fourth-order valence-corrected chi connectivity index (χ4v) is 4.77. The highest BCUT2D eigenvalue weighted by atomic mass is 16.6. The fourth-order valence-electron chi connectivity index (χ4n) is 4.77. The van der Waals surface area contributed by atoms with E-state index >= 15 is 0 Å². The highest BCUT2D eigenvalue weighted by molar-refractivity contribution is 5.96. The smallest absolute Gasteiger partial charge is 0.310 e. The first-order valence-corrected chi connectivity index (χ1v) is 13.2. The van der Waals surface area contributed by atoms with Crippen LogP contribution in [0, 0.1) is 0 Å². The van der Waals surface area contributed by atoms with Crippen molar-refractivity contribution in [3.8, 4) is 22.6 Å². The lowest BCUT2D eigenvalue weighted by molar-refractivity contribution is -0.149. The summed E-state index contributed by atoms with van der Waals surface area (Å²) >= 11 is 0. The maximum absolute atomic E-state index is 12.6. The molecule has 7 heteroatoms. The van der Waals surface area contributed by atoms with Gasteiger partial charge in [0, 0.05) is 42.4 Å². The molecular weight excluding hydrogens is 492 g/mol. The topological polar surface area (TPSA) is 84.9 Å². The number of benzene rings is 3. The number of esters is 1. The second-order valence-corrected chi connectivity index (χ2v) is 9.99. The van der Waals surface area contributed by atoms with Gasteiger partial charge < -0.3 is 29.2 Å². The second kappa shape index (κ2) is 12.8. The molecule has 2 N–H and O–H groups in total. The van der Waals surface area contributed by atoms with Crippen LogP contribution in [0.25, 0.3) is 22.0 Å². The average Bonchev–Trinajstić information content (AvgIpc) is 3.36. The standard InChI is InChI=1S/C32H38N2O5/c1-21(2)34-12-11-28-29(25-8-6-7-23(13-25)18-33)14-24(15-30(28)34)20-38-31-10-9-27(37-5)16-26(31)17-32(35)39-22(3)19-36-4/h6-16,21-22H,17-20,33H2,1-5H3. The zero-order valence-electron chi connectivity index (χ0n) is 23.4. The Hall–Kier alpha value is -3.81. The quantitative estimate of drug-likeness (QED) is 0.224. The largest absolute Gasteiger partial charge is 0.497 e. The van der Waals surface area contributed by atoms with Crippen LogP contribution in [0.4, 0.5) is 0 Å². The van der Waals surface area contributed by atoms with Crippen LogP contribution >= 0.6 is 0 Å². The molecule has 1 unspecified atom stereocenters. The molecule has 0 spiro atoms. The van der Waals surface area contributed by atoms with Gasteiger partial charge in [0.1, 0.15) is 24.2 Å². The molecular formula is C32H38N2O5. The van der Waals surface area contributed by atoms with Gasteiger partial charge in [-0.05, 0) is 85.5 Å². The third-order valence-electron chi connectivity index (χ3n) is 6.66. The number of fused-ring (bicyclic) bond motifs is 1. The average molecular weight is 531 g/mol. The van der Waals surface area contributed by atoms with Crippen molar-refractivity contribution in [2.45, 2.75) is 52.5 Å². The van der Waals surface area contributed by atoms with Crippen molar-refractivity contribution in [2.75, 3.05) is 20.8 Å². The summed E-state index contributed by atoms with van der Waals surface area (Å²) in [7, 11) is 3.17. The molecule has 0 aliphatic carbocycles. The van der Waals surface area contributed by atoms with Gasteiger partial charge in [-0.3, -0.25) is 4.79 Å². The van der Waals surface area contributed by atoms with E-state index in [0.717, 1.165) is 27.8 Å². The van der Waals surface area contributed by atoms with Gasteiger partial charge in [-0.1, -0.05) is 18.2 Å². The zero-order valence-corrected chi connectivity index (χ0v) is 23.4. The summed E-state index contributed by atoms with van der Waals surface area (Å²) in [5, 5.41) is 1.18. The minimum atomic E-state index is -0.351. The Bertz CT molecular complexity index is 1430. The molecule has 4 rings (SSSR count). The first kappa shape index (κ1) is 28.2. The van der Waals surface area contributed by atoms with E-state index in [1.54, 1.807) is 21.1 Å². The van der Waals surface area contributed by atoms with Gasteiger partial charge in [-0.15, -0.1) is 0 Å². The molecule has 0 radical (unpaired) electrons. The summed E-state index contributed by atoms with van der Waals surface area (Å²) in [6, 6.07) is 20.6. The Labute approximate surface area is 230 Å². The molecule has 1 atom stereocenters. The molecule has 4 aromatic rings. The van der Waals surface area contributed by atoms with Gasteiger partial charge in [-0.2, -0.15) is 0 Å². The van der Waals surface area contributed by atoms with Crippen LogP contribution in [-0.4, -0.2) is 37.5 Å². The highest BCUT2D eigenvalue weighted by Gasteiger charge is 2.16. The van der Waals surface area contributed by atoms with Gasteiger partial charge >= 0.3 is 5.97 Å². The van der Waals surface area contributed by atoms with Gasteiger partial charge in [0.15, 0.2) is 0 Å². The number of hydrogen-bond acceptors (Lipinski definition) is 6. The predicted octanol–water partition coefficient (Wildman–Crippen LogP) is 6.06. The van der Waals surface area contributed by atoms with Crippen molar-refractivity contribution in [2.24, 2.45) is 5.73 Å². The Morgan fingerprint density at radius 2 is 1.79 bits per heavy atom. The molecule has 39 heavy (non-hydrogen) atoms. The molecule has 0 aliphatic heterocycles. The molecule has 0 fully saturated rings. The van der Waals surface area contributed by atoms with E-state index in [2.05, 4.69) is 54.9 Å². The van der Waals surface area contributed by atoms with E-state index < -0.39 is 0 Å². The van der Waals surface area contributed by atoms with Crippen molar-refractivity contribution in [1.82, 2.24) is 4.57 Å². The van der Waals surface area contributed by atoms with E-state index in [1.165, 1.54) is 5.39 Å². The minimum absolute atomic E-state index is 0.0625. The van der Waals surface area contributed by atoms with E-state index in [9.17, 15) is 4.79 Å². The third kappa shape index (κ3) is 6.80. The first-order valence-electron chi connectivity index (χ1n) is 13.2.